The highest BCUT2D eigenvalue weighted by Crippen LogP contribution is 2.30. The molecular formula is C20H25N3O5. The molecule has 2 aliphatic heterocycles. The number of piperidine rings is 1. The molecule has 1 saturated heterocycles. The molecular weight excluding hydrogens is 362 g/mol. The largest absolute Gasteiger partial charge is 0.450 e. The summed E-state index contributed by atoms with van der Waals surface area (Å²) in [6.45, 7) is 0.745. The van der Waals surface area contributed by atoms with Crippen LogP contribution in [0.5, 0.6) is 0 Å². The van der Waals surface area contributed by atoms with E-state index in [9.17, 15) is 19.2 Å². The second-order valence-corrected chi connectivity index (χ2v) is 7.17. The molecule has 8 heteroatoms. The number of primary amides is 1. The fourth-order valence-electron chi connectivity index (χ4n) is 3.83. The maximum absolute atomic E-state index is 12.8. The molecule has 0 bridgehead atoms. The van der Waals surface area contributed by atoms with Crippen LogP contribution in [0.2, 0.25) is 0 Å². The second-order valence-electron chi connectivity index (χ2n) is 7.17. The normalized spacial score (nSPS) is 18.8. The molecule has 1 unspecified atom stereocenters. The zero-order valence-electron chi connectivity index (χ0n) is 15.7. The first kappa shape index (κ1) is 19.9. The van der Waals surface area contributed by atoms with E-state index in [0.29, 0.717) is 25.1 Å². The van der Waals surface area contributed by atoms with Crippen LogP contribution in [0.1, 0.15) is 60.0 Å². The van der Waals surface area contributed by atoms with Gasteiger partial charge in [-0.15, -0.1) is 0 Å². The van der Waals surface area contributed by atoms with Crippen molar-refractivity contribution in [2.45, 2.75) is 57.5 Å². The minimum atomic E-state index is -0.745. The van der Waals surface area contributed by atoms with E-state index in [1.165, 1.54) is 0 Å². The molecule has 150 valence electrons. The van der Waals surface area contributed by atoms with Crippen LogP contribution in [-0.4, -0.2) is 41.4 Å². The average molecular weight is 387 g/mol. The number of fused-ring (bicyclic) bond motifs is 1. The number of rotatable bonds is 8. The first-order valence-corrected chi connectivity index (χ1v) is 9.65. The van der Waals surface area contributed by atoms with E-state index in [1.54, 1.807) is 11.0 Å². The van der Waals surface area contributed by atoms with Crippen LogP contribution in [0.4, 0.5) is 4.79 Å². The molecule has 1 aromatic carbocycles. The van der Waals surface area contributed by atoms with Gasteiger partial charge in [0.15, 0.2) is 0 Å². The molecule has 0 aliphatic carbocycles. The summed E-state index contributed by atoms with van der Waals surface area (Å²) >= 11 is 0. The SMILES string of the molecule is NC(=O)OCCCCCCc1cccc2c1CN(C1CCC(=O)NC1=O)C2=O. The van der Waals surface area contributed by atoms with Crippen LogP contribution in [0.15, 0.2) is 18.2 Å². The lowest BCUT2D eigenvalue weighted by molar-refractivity contribution is -0.136. The highest BCUT2D eigenvalue weighted by Gasteiger charge is 2.39. The summed E-state index contributed by atoms with van der Waals surface area (Å²) in [4.78, 5) is 48.4. The van der Waals surface area contributed by atoms with Gasteiger partial charge >= 0.3 is 6.09 Å². The van der Waals surface area contributed by atoms with Gasteiger partial charge in [-0.2, -0.15) is 0 Å². The molecule has 2 aliphatic rings. The third-order valence-electron chi connectivity index (χ3n) is 5.26. The van der Waals surface area contributed by atoms with Crippen molar-refractivity contribution in [3.05, 3.63) is 34.9 Å². The summed E-state index contributed by atoms with van der Waals surface area (Å²) in [5.41, 5.74) is 7.67. The Morgan fingerprint density at radius 3 is 2.71 bits per heavy atom. The predicted molar refractivity (Wildman–Crippen MR) is 100 cm³/mol. The molecule has 8 nitrogen and oxygen atoms in total. The summed E-state index contributed by atoms with van der Waals surface area (Å²) < 4.78 is 4.71. The van der Waals surface area contributed by atoms with Gasteiger partial charge in [0.1, 0.15) is 6.04 Å². The van der Waals surface area contributed by atoms with Crippen LogP contribution in [0.3, 0.4) is 0 Å². The van der Waals surface area contributed by atoms with Crippen molar-refractivity contribution in [2.24, 2.45) is 5.73 Å². The zero-order chi connectivity index (χ0) is 20.1. The maximum atomic E-state index is 12.8. The molecule has 0 saturated carbocycles. The molecule has 28 heavy (non-hydrogen) atoms. The molecule has 1 aromatic rings. The lowest BCUT2D eigenvalue weighted by Crippen LogP contribution is -2.52. The number of imide groups is 1. The number of nitrogens with two attached hydrogens (primary N) is 1. The van der Waals surface area contributed by atoms with E-state index in [4.69, 9.17) is 10.5 Å². The van der Waals surface area contributed by atoms with E-state index in [0.717, 1.165) is 43.2 Å². The molecule has 1 fully saturated rings. The number of benzene rings is 1. The van der Waals surface area contributed by atoms with E-state index < -0.39 is 18.0 Å². The van der Waals surface area contributed by atoms with E-state index >= 15 is 0 Å². The topological polar surface area (TPSA) is 119 Å². The third kappa shape index (κ3) is 4.49. The minimum absolute atomic E-state index is 0.144. The smallest absolute Gasteiger partial charge is 0.404 e. The highest BCUT2D eigenvalue weighted by atomic mass is 16.5. The van der Waals surface area contributed by atoms with Crippen LogP contribution in [0.25, 0.3) is 0 Å². The Kier molecular flexibility index (Phi) is 6.28. The van der Waals surface area contributed by atoms with Crippen LogP contribution in [-0.2, 0) is 27.3 Å². The highest BCUT2D eigenvalue weighted by molar-refractivity contribution is 6.05. The van der Waals surface area contributed by atoms with Crippen molar-refractivity contribution in [1.82, 2.24) is 10.2 Å². The van der Waals surface area contributed by atoms with Gasteiger partial charge in [-0.3, -0.25) is 19.7 Å². The average Bonchev–Trinajstić information content (AvgIpc) is 2.98. The Morgan fingerprint density at radius 1 is 1.18 bits per heavy atom. The minimum Gasteiger partial charge on any atom is -0.450 e. The number of hydrogen-bond acceptors (Lipinski definition) is 5. The number of ether oxygens (including phenoxy) is 1. The van der Waals surface area contributed by atoms with Gasteiger partial charge in [0, 0.05) is 18.5 Å². The van der Waals surface area contributed by atoms with Crippen molar-refractivity contribution in [3.8, 4) is 0 Å². The number of unbranched alkanes of at least 4 members (excludes halogenated alkanes) is 3. The van der Waals surface area contributed by atoms with E-state index in [-0.39, 0.29) is 18.2 Å². The van der Waals surface area contributed by atoms with Crippen LogP contribution in [0, 0.1) is 0 Å². The van der Waals surface area contributed by atoms with Crippen LogP contribution >= 0.6 is 0 Å². The number of carbonyl (C=O) groups excluding carboxylic acids is 4. The molecule has 2 heterocycles. The number of hydrogen-bond donors (Lipinski definition) is 2. The summed E-state index contributed by atoms with van der Waals surface area (Å²) in [6, 6.07) is 5.11. The Labute approximate surface area is 163 Å². The van der Waals surface area contributed by atoms with Gasteiger partial charge in [0.2, 0.25) is 11.8 Å². The molecule has 4 amide bonds. The summed E-state index contributed by atoms with van der Waals surface area (Å²) in [5, 5.41) is 2.32. The first-order valence-electron chi connectivity index (χ1n) is 9.65. The fourth-order valence-corrected chi connectivity index (χ4v) is 3.83. The maximum Gasteiger partial charge on any atom is 0.404 e. The van der Waals surface area contributed by atoms with Crippen LogP contribution < -0.4 is 11.1 Å². The summed E-state index contributed by atoms with van der Waals surface area (Å²) in [6.07, 6.45) is 4.37. The Hall–Kier alpha value is -2.90. The van der Waals surface area contributed by atoms with Gasteiger partial charge < -0.3 is 15.4 Å². The van der Waals surface area contributed by atoms with Crippen molar-refractivity contribution in [1.29, 1.82) is 0 Å². The van der Waals surface area contributed by atoms with Crippen molar-refractivity contribution < 1.29 is 23.9 Å². The van der Waals surface area contributed by atoms with Gasteiger partial charge in [0.25, 0.3) is 5.91 Å². The third-order valence-corrected chi connectivity index (χ3v) is 5.26. The molecule has 3 rings (SSSR count). The van der Waals surface area contributed by atoms with E-state index in [1.807, 2.05) is 12.1 Å². The monoisotopic (exact) mass is 387 g/mol. The lowest BCUT2D eigenvalue weighted by Gasteiger charge is -2.29. The quantitative estimate of drug-likeness (QED) is 0.519. The first-order chi connectivity index (χ1) is 13.5. The van der Waals surface area contributed by atoms with Gasteiger partial charge in [-0.25, -0.2) is 4.79 Å². The van der Waals surface area contributed by atoms with Gasteiger partial charge in [0.05, 0.1) is 6.61 Å². The number of nitrogens with one attached hydrogen (secondary N) is 1. The molecule has 3 N–H and O–H groups in total. The fraction of sp³-hybridized carbons (Fsp3) is 0.500. The summed E-state index contributed by atoms with van der Waals surface area (Å²) in [7, 11) is 0. The molecule has 0 radical (unpaired) electrons. The Bertz CT molecular complexity index is 792. The van der Waals surface area contributed by atoms with Crippen molar-refractivity contribution in [2.75, 3.05) is 6.61 Å². The van der Waals surface area contributed by atoms with Crippen molar-refractivity contribution in [3.63, 3.8) is 0 Å². The molecule has 0 spiro atoms. The number of carbonyl (C=O) groups is 4. The Balaban J connectivity index is 1.56. The van der Waals surface area contributed by atoms with Crippen molar-refractivity contribution >= 4 is 23.8 Å². The second kappa shape index (κ2) is 8.86. The number of nitrogens with zero attached hydrogens (tertiary/aromatic N) is 1. The number of aryl methyl sites for hydroxylation is 1. The van der Waals surface area contributed by atoms with E-state index in [2.05, 4.69) is 5.32 Å². The zero-order valence-corrected chi connectivity index (χ0v) is 15.7. The van der Waals surface area contributed by atoms with Gasteiger partial charge in [-0.1, -0.05) is 25.0 Å². The lowest BCUT2D eigenvalue weighted by atomic mass is 9.98. The standard InChI is InChI=1S/C20H25N3O5/c21-20(27)28-11-4-2-1-3-6-13-7-5-8-14-15(13)12-23(19(14)26)16-9-10-17(24)22-18(16)25/h5,7-8,16H,1-4,6,9-12H2,(H2,21,27)(H,22,24,25). The van der Waals surface area contributed by atoms with Gasteiger partial charge in [-0.05, 0) is 42.9 Å². The molecule has 0 aromatic heterocycles. The molecule has 1 atom stereocenters. The Morgan fingerprint density at radius 2 is 1.96 bits per heavy atom. The predicted octanol–water partition coefficient (Wildman–Crippen LogP) is 1.65. The number of amides is 4. The summed E-state index contributed by atoms with van der Waals surface area (Å²) in [5.74, 6) is -0.820.